The van der Waals surface area contributed by atoms with E-state index in [1.165, 1.54) is 6.07 Å². The molecule has 4 heteroatoms. The highest BCUT2D eigenvalue weighted by molar-refractivity contribution is 5.40. The third kappa shape index (κ3) is 1.81. The van der Waals surface area contributed by atoms with Gasteiger partial charge in [0.2, 0.25) is 0 Å². The molecule has 0 unspecified atom stereocenters. The van der Waals surface area contributed by atoms with Crippen LogP contribution in [0.4, 0.5) is 0 Å². The van der Waals surface area contributed by atoms with Gasteiger partial charge in [-0.05, 0) is 12.1 Å². The number of hydrogen-bond acceptors (Lipinski definition) is 4. The lowest BCUT2D eigenvalue weighted by molar-refractivity contribution is 0.0760. The standard InChI is InChI=1S/C10H13NO3/c12-7-1-2-8(10(13)5-7)9-6-14-4-3-11-9/h1-2,5,9,11-13H,3-4,6H2/t9-/m1/s1. The first-order valence-corrected chi connectivity index (χ1v) is 4.60. The van der Waals surface area contributed by atoms with Gasteiger partial charge in [0, 0.05) is 18.2 Å². The highest BCUT2D eigenvalue weighted by Crippen LogP contribution is 2.28. The number of phenolic OH excluding ortho intramolecular Hbond substituents is 2. The topological polar surface area (TPSA) is 61.7 Å². The SMILES string of the molecule is Oc1ccc([C@H]2COCCN2)c(O)c1. The van der Waals surface area contributed by atoms with E-state index in [-0.39, 0.29) is 17.5 Å². The molecule has 1 aromatic rings. The number of aromatic hydroxyl groups is 2. The molecule has 1 aliphatic rings. The van der Waals surface area contributed by atoms with Crippen LogP contribution in [0.15, 0.2) is 18.2 Å². The lowest BCUT2D eigenvalue weighted by atomic mass is 10.1. The van der Waals surface area contributed by atoms with Crippen molar-refractivity contribution in [1.82, 2.24) is 5.32 Å². The maximum Gasteiger partial charge on any atom is 0.124 e. The van der Waals surface area contributed by atoms with Gasteiger partial charge in [-0.1, -0.05) is 0 Å². The maximum atomic E-state index is 9.59. The summed E-state index contributed by atoms with van der Waals surface area (Å²) < 4.78 is 5.29. The molecule has 0 spiro atoms. The van der Waals surface area contributed by atoms with E-state index in [0.717, 1.165) is 12.1 Å². The maximum absolute atomic E-state index is 9.59. The summed E-state index contributed by atoms with van der Waals surface area (Å²) >= 11 is 0. The number of ether oxygens (including phenoxy) is 1. The first-order valence-electron chi connectivity index (χ1n) is 4.60. The Kier molecular flexibility index (Phi) is 2.56. The van der Waals surface area contributed by atoms with E-state index >= 15 is 0 Å². The van der Waals surface area contributed by atoms with E-state index in [1.807, 2.05) is 0 Å². The molecular formula is C10H13NO3. The number of morpholine rings is 1. The molecule has 3 N–H and O–H groups in total. The Morgan fingerprint density at radius 1 is 1.36 bits per heavy atom. The van der Waals surface area contributed by atoms with Crippen LogP contribution >= 0.6 is 0 Å². The summed E-state index contributed by atoms with van der Waals surface area (Å²) in [4.78, 5) is 0. The molecule has 2 rings (SSSR count). The average Bonchev–Trinajstić information content (AvgIpc) is 2.19. The van der Waals surface area contributed by atoms with Crippen LogP contribution in [0.5, 0.6) is 11.5 Å². The summed E-state index contributed by atoms with van der Waals surface area (Å²) in [6, 6.07) is 4.62. The van der Waals surface area contributed by atoms with Crippen LogP contribution in [0.1, 0.15) is 11.6 Å². The minimum Gasteiger partial charge on any atom is -0.508 e. The van der Waals surface area contributed by atoms with Gasteiger partial charge in [0.15, 0.2) is 0 Å². The molecule has 0 aromatic heterocycles. The largest absolute Gasteiger partial charge is 0.508 e. The molecule has 0 aliphatic carbocycles. The van der Waals surface area contributed by atoms with Gasteiger partial charge in [0.05, 0.1) is 19.3 Å². The normalized spacial score (nSPS) is 22.1. The predicted molar refractivity (Wildman–Crippen MR) is 51.3 cm³/mol. The molecule has 1 saturated heterocycles. The average molecular weight is 195 g/mol. The van der Waals surface area contributed by atoms with E-state index in [0.29, 0.717) is 13.2 Å². The second-order valence-electron chi connectivity index (χ2n) is 3.32. The molecule has 1 heterocycles. The van der Waals surface area contributed by atoms with Crippen molar-refractivity contribution < 1.29 is 14.9 Å². The van der Waals surface area contributed by atoms with Crippen molar-refractivity contribution in [1.29, 1.82) is 0 Å². The first-order chi connectivity index (χ1) is 6.77. The minimum absolute atomic E-state index is 0.0179. The number of rotatable bonds is 1. The van der Waals surface area contributed by atoms with Gasteiger partial charge < -0.3 is 20.3 Å². The zero-order valence-corrected chi connectivity index (χ0v) is 7.73. The van der Waals surface area contributed by atoms with Gasteiger partial charge in [0.1, 0.15) is 11.5 Å². The van der Waals surface area contributed by atoms with Crippen LogP contribution in [-0.2, 0) is 4.74 Å². The Morgan fingerprint density at radius 2 is 2.21 bits per heavy atom. The predicted octanol–water partition coefficient (Wildman–Crippen LogP) is 0.759. The third-order valence-electron chi connectivity index (χ3n) is 2.31. The molecule has 0 bridgehead atoms. The van der Waals surface area contributed by atoms with Crippen LogP contribution in [-0.4, -0.2) is 30.0 Å². The van der Waals surface area contributed by atoms with E-state index in [1.54, 1.807) is 12.1 Å². The molecule has 1 aromatic carbocycles. The number of benzene rings is 1. The van der Waals surface area contributed by atoms with E-state index in [2.05, 4.69) is 5.32 Å². The smallest absolute Gasteiger partial charge is 0.124 e. The van der Waals surface area contributed by atoms with Gasteiger partial charge in [0.25, 0.3) is 0 Å². The third-order valence-corrected chi connectivity index (χ3v) is 2.31. The van der Waals surface area contributed by atoms with Gasteiger partial charge in [-0.2, -0.15) is 0 Å². The van der Waals surface area contributed by atoms with Gasteiger partial charge >= 0.3 is 0 Å². The summed E-state index contributed by atoms with van der Waals surface area (Å²) in [5.74, 6) is 0.177. The van der Waals surface area contributed by atoms with E-state index in [9.17, 15) is 5.11 Å². The molecule has 1 fully saturated rings. The van der Waals surface area contributed by atoms with Crippen molar-refractivity contribution in [2.45, 2.75) is 6.04 Å². The monoisotopic (exact) mass is 195 g/mol. The van der Waals surface area contributed by atoms with Crippen molar-refractivity contribution in [3.05, 3.63) is 23.8 Å². The Morgan fingerprint density at radius 3 is 2.86 bits per heavy atom. The summed E-state index contributed by atoms with van der Waals surface area (Å²) in [5.41, 5.74) is 0.766. The lowest BCUT2D eigenvalue weighted by Gasteiger charge is -2.24. The minimum atomic E-state index is 0.0179. The molecule has 14 heavy (non-hydrogen) atoms. The summed E-state index contributed by atoms with van der Waals surface area (Å²) in [6.07, 6.45) is 0. The van der Waals surface area contributed by atoms with Gasteiger partial charge in [-0.3, -0.25) is 0 Å². The number of phenols is 2. The lowest BCUT2D eigenvalue weighted by Crippen LogP contribution is -2.34. The molecule has 0 radical (unpaired) electrons. The van der Waals surface area contributed by atoms with Crippen LogP contribution in [0.3, 0.4) is 0 Å². The second kappa shape index (κ2) is 3.86. The Balaban J connectivity index is 2.22. The number of hydrogen-bond donors (Lipinski definition) is 3. The van der Waals surface area contributed by atoms with Crippen LogP contribution in [0.2, 0.25) is 0 Å². The van der Waals surface area contributed by atoms with Crippen LogP contribution in [0, 0.1) is 0 Å². The zero-order valence-electron chi connectivity index (χ0n) is 7.73. The highest BCUT2D eigenvalue weighted by Gasteiger charge is 2.18. The fraction of sp³-hybridized carbons (Fsp3) is 0.400. The van der Waals surface area contributed by atoms with Crippen LogP contribution < -0.4 is 5.32 Å². The molecule has 76 valence electrons. The van der Waals surface area contributed by atoms with Gasteiger partial charge in [-0.25, -0.2) is 0 Å². The van der Waals surface area contributed by atoms with E-state index < -0.39 is 0 Å². The summed E-state index contributed by atoms with van der Waals surface area (Å²) in [5, 5.41) is 21.9. The van der Waals surface area contributed by atoms with Crippen molar-refractivity contribution >= 4 is 0 Å². The zero-order chi connectivity index (χ0) is 9.97. The Bertz CT molecular complexity index is 321. The molecule has 0 amide bonds. The van der Waals surface area contributed by atoms with E-state index in [4.69, 9.17) is 9.84 Å². The molecule has 1 aliphatic heterocycles. The molecular weight excluding hydrogens is 182 g/mol. The number of nitrogens with one attached hydrogen (secondary N) is 1. The van der Waals surface area contributed by atoms with Crippen LogP contribution in [0.25, 0.3) is 0 Å². The van der Waals surface area contributed by atoms with Gasteiger partial charge in [-0.15, -0.1) is 0 Å². The first kappa shape index (κ1) is 9.30. The fourth-order valence-electron chi connectivity index (χ4n) is 1.59. The van der Waals surface area contributed by atoms with Crippen molar-refractivity contribution in [2.24, 2.45) is 0 Å². The van der Waals surface area contributed by atoms with Crippen molar-refractivity contribution in [2.75, 3.05) is 19.8 Å². The van der Waals surface area contributed by atoms with Crippen molar-refractivity contribution in [3.63, 3.8) is 0 Å². The molecule has 4 nitrogen and oxygen atoms in total. The quantitative estimate of drug-likeness (QED) is 0.619. The van der Waals surface area contributed by atoms with Crippen molar-refractivity contribution in [3.8, 4) is 11.5 Å². The Labute approximate surface area is 82.1 Å². The summed E-state index contributed by atoms with van der Waals surface area (Å²) in [6.45, 7) is 2.04. The fourth-order valence-corrected chi connectivity index (χ4v) is 1.59. The summed E-state index contributed by atoms with van der Waals surface area (Å²) in [7, 11) is 0. The second-order valence-corrected chi connectivity index (χ2v) is 3.32. The molecule has 1 atom stereocenters. The molecule has 0 saturated carbocycles. The Hall–Kier alpha value is -1.26. The highest BCUT2D eigenvalue weighted by atomic mass is 16.5.